The average molecular weight is 439 g/mol. The van der Waals surface area contributed by atoms with Crippen LogP contribution < -0.4 is 9.64 Å². The Labute approximate surface area is 163 Å². The number of halogens is 1. The molecule has 0 aliphatic carbocycles. The molecular formula is C19H23BrN2O3S. The van der Waals surface area contributed by atoms with Crippen LogP contribution in [0.4, 0.5) is 5.69 Å². The summed E-state index contributed by atoms with van der Waals surface area (Å²) in [7, 11) is -0.425. The zero-order valence-electron chi connectivity index (χ0n) is 15.0. The summed E-state index contributed by atoms with van der Waals surface area (Å²) in [4.78, 5) is 2.58. The number of nitrogens with zero attached hydrogens (tertiary/aromatic N) is 2. The van der Waals surface area contributed by atoms with E-state index in [4.69, 9.17) is 4.74 Å². The largest absolute Gasteiger partial charge is 0.496 e. The van der Waals surface area contributed by atoms with Gasteiger partial charge >= 0.3 is 0 Å². The van der Waals surface area contributed by atoms with Gasteiger partial charge in [-0.1, -0.05) is 18.2 Å². The molecule has 0 aromatic heterocycles. The maximum atomic E-state index is 13.0. The number of methoxy groups -OCH3 is 1. The van der Waals surface area contributed by atoms with Gasteiger partial charge in [0.05, 0.1) is 16.5 Å². The van der Waals surface area contributed by atoms with Gasteiger partial charge in [-0.3, -0.25) is 0 Å². The molecule has 7 heteroatoms. The molecule has 1 fully saturated rings. The Balaban J connectivity index is 1.85. The zero-order valence-corrected chi connectivity index (χ0v) is 17.4. The molecule has 0 saturated carbocycles. The Hall–Kier alpha value is -1.57. The van der Waals surface area contributed by atoms with Crippen LogP contribution in [0, 0.1) is 0 Å². The van der Waals surface area contributed by atoms with Gasteiger partial charge in [0.25, 0.3) is 0 Å². The molecule has 0 unspecified atom stereocenters. The summed E-state index contributed by atoms with van der Waals surface area (Å²) >= 11 is 3.36. The van der Waals surface area contributed by atoms with E-state index in [-0.39, 0.29) is 4.90 Å². The lowest BCUT2D eigenvalue weighted by Crippen LogP contribution is -2.28. The van der Waals surface area contributed by atoms with Gasteiger partial charge in [0.15, 0.2) is 0 Å². The summed E-state index contributed by atoms with van der Waals surface area (Å²) < 4.78 is 33.1. The van der Waals surface area contributed by atoms with E-state index < -0.39 is 10.0 Å². The molecule has 3 rings (SSSR count). The van der Waals surface area contributed by atoms with Crippen molar-refractivity contribution in [3.05, 3.63) is 52.5 Å². The normalized spacial score (nSPS) is 14.8. The number of rotatable bonds is 6. The van der Waals surface area contributed by atoms with E-state index in [2.05, 4.69) is 26.9 Å². The third-order valence-electron chi connectivity index (χ3n) is 4.66. The molecule has 0 atom stereocenters. The fourth-order valence-corrected chi connectivity index (χ4v) is 5.09. The first-order chi connectivity index (χ1) is 12.4. The Morgan fingerprint density at radius 3 is 2.50 bits per heavy atom. The highest BCUT2D eigenvalue weighted by atomic mass is 79.9. The molecule has 0 spiro atoms. The predicted molar refractivity (Wildman–Crippen MR) is 107 cm³/mol. The van der Waals surface area contributed by atoms with Crippen LogP contribution in [0.25, 0.3) is 0 Å². The molecule has 2 aromatic carbocycles. The molecule has 2 aromatic rings. The molecule has 5 nitrogen and oxygen atoms in total. The molecular weight excluding hydrogens is 416 g/mol. The lowest BCUT2D eigenvalue weighted by Gasteiger charge is -2.24. The van der Waals surface area contributed by atoms with Crippen molar-refractivity contribution in [1.29, 1.82) is 0 Å². The maximum Gasteiger partial charge on any atom is 0.243 e. The second-order valence-corrected chi connectivity index (χ2v) is 9.28. The van der Waals surface area contributed by atoms with Crippen molar-refractivity contribution in [3.8, 4) is 5.75 Å². The summed E-state index contributed by atoms with van der Waals surface area (Å²) in [6.07, 6.45) is 2.37. The minimum atomic E-state index is -3.60. The van der Waals surface area contributed by atoms with Gasteiger partial charge in [0.1, 0.15) is 5.75 Å². The number of sulfonamides is 1. The van der Waals surface area contributed by atoms with Crippen molar-refractivity contribution < 1.29 is 13.2 Å². The lowest BCUT2D eigenvalue weighted by molar-refractivity contribution is 0.411. The van der Waals surface area contributed by atoms with Gasteiger partial charge in [-0.05, 0) is 58.6 Å². The van der Waals surface area contributed by atoms with Gasteiger partial charge in [0, 0.05) is 32.4 Å². The number of para-hydroxylation sites is 1. The molecule has 26 heavy (non-hydrogen) atoms. The van der Waals surface area contributed by atoms with Crippen LogP contribution in [0.5, 0.6) is 5.75 Å². The van der Waals surface area contributed by atoms with Crippen molar-refractivity contribution in [2.45, 2.75) is 24.3 Å². The monoisotopic (exact) mass is 438 g/mol. The molecule has 140 valence electrons. The van der Waals surface area contributed by atoms with Crippen LogP contribution in [0.15, 0.2) is 51.8 Å². The smallest absolute Gasteiger partial charge is 0.243 e. The number of anilines is 1. The highest BCUT2D eigenvalue weighted by molar-refractivity contribution is 9.10. The van der Waals surface area contributed by atoms with Crippen molar-refractivity contribution in [2.24, 2.45) is 0 Å². The molecule has 1 aliphatic heterocycles. The predicted octanol–water partition coefficient (Wildman–Crippen LogP) is 3.88. The van der Waals surface area contributed by atoms with E-state index in [1.165, 1.54) is 17.1 Å². The van der Waals surface area contributed by atoms with E-state index >= 15 is 0 Å². The Bertz CT molecular complexity index is 880. The van der Waals surface area contributed by atoms with Gasteiger partial charge < -0.3 is 9.64 Å². The van der Waals surface area contributed by atoms with Crippen LogP contribution in [0.2, 0.25) is 0 Å². The number of ether oxygens (including phenoxy) is 1. The minimum Gasteiger partial charge on any atom is -0.496 e. The van der Waals surface area contributed by atoms with Crippen LogP contribution in [0.3, 0.4) is 0 Å². The van der Waals surface area contributed by atoms with Crippen molar-refractivity contribution in [1.82, 2.24) is 4.31 Å². The van der Waals surface area contributed by atoms with Crippen LogP contribution >= 0.6 is 15.9 Å². The third kappa shape index (κ3) is 3.89. The third-order valence-corrected chi connectivity index (χ3v) is 7.08. The second-order valence-electron chi connectivity index (χ2n) is 6.38. The molecule has 0 bridgehead atoms. The van der Waals surface area contributed by atoms with Crippen LogP contribution in [-0.2, 0) is 16.6 Å². The van der Waals surface area contributed by atoms with E-state index in [0.717, 1.165) is 24.3 Å². The first-order valence-electron chi connectivity index (χ1n) is 8.56. The van der Waals surface area contributed by atoms with Crippen molar-refractivity contribution in [3.63, 3.8) is 0 Å². The summed E-state index contributed by atoms with van der Waals surface area (Å²) in [5, 5.41) is 0. The fourth-order valence-electron chi connectivity index (χ4n) is 3.22. The zero-order chi connectivity index (χ0) is 18.7. The van der Waals surface area contributed by atoms with E-state index in [9.17, 15) is 8.42 Å². The first-order valence-corrected chi connectivity index (χ1v) is 10.8. The van der Waals surface area contributed by atoms with Gasteiger partial charge in [-0.15, -0.1) is 0 Å². The average Bonchev–Trinajstić information content (AvgIpc) is 3.16. The van der Waals surface area contributed by atoms with Crippen molar-refractivity contribution >= 4 is 31.6 Å². The number of hydrogen-bond acceptors (Lipinski definition) is 4. The van der Waals surface area contributed by atoms with E-state index in [1.54, 1.807) is 32.4 Å². The number of hydrogen-bond donors (Lipinski definition) is 0. The van der Waals surface area contributed by atoms with Gasteiger partial charge in [0.2, 0.25) is 10.0 Å². The topological polar surface area (TPSA) is 49.9 Å². The highest BCUT2D eigenvalue weighted by Crippen LogP contribution is 2.30. The maximum absolute atomic E-state index is 13.0. The molecule has 1 saturated heterocycles. The number of benzene rings is 2. The minimum absolute atomic E-state index is 0.242. The summed E-state index contributed by atoms with van der Waals surface area (Å²) in [5.74, 6) is 0.603. The Morgan fingerprint density at radius 1 is 1.15 bits per heavy atom. The van der Waals surface area contributed by atoms with Crippen LogP contribution in [-0.4, -0.2) is 40.0 Å². The SMILES string of the molecule is COc1ccc(S(=O)(=O)N(C)Cc2ccccc2N2CCCC2)cc1Br. The highest BCUT2D eigenvalue weighted by Gasteiger charge is 2.24. The Morgan fingerprint density at radius 2 is 1.85 bits per heavy atom. The summed E-state index contributed by atoms with van der Waals surface area (Å²) in [6.45, 7) is 2.39. The van der Waals surface area contributed by atoms with Gasteiger partial charge in [-0.25, -0.2) is 8.42 Å². The van der Waals surface area contributed by atoms with E-state index in [1.807, 2.05) is 18.2 Å². The molecule has 1 aliphatic rings. The quantitative estimate of drug-likeness (QED) is 0.686. The summed E-state index contributed by atoms with van der Waals surface area (Å²) in [6, 6.07) is 12.8. The van der Waals surface area contributed by atoms with Crippen molar-refractivity contribution in [2.75, 3.05) is 32.1 Å². The second kappa shape index (κ2) is 7.98. The molecule has 1 heterocycles. The van der Waals surface area contributed by atoms with E-state index in [0.29, 0.717) is 16.8 Å². The van der Waals surface area contributed by atoms with Crippen LogP contribution in [0.1, 0.15) is 18.4 Å². The molecule has 0 amide bonds. The fraction of sp³-hybridized carbons (Fsp3) is 0.368. The lowest BCUT2D eigenvalue weighted by atomic mass is 10.1. The molecule has 0 N–H and O–H groups in total. The standard InChI is InChI=1S/C19H23BrN2O3S/c1-21(26(23,24)16-9-10-19(25-2)17(20)13-16)14-15-7-3-4-8-18(15)22-11-5-6-12-22/h3-4,7-10,13H,5-6,11-12,14H2,1-2H3. The van der Waals surface area contributed by atoms with Gasteiger partial charge in [-0.2, -0.15) is 4.31 Å². The Kier molecular flexibility index (Phi) is 5.89. The summed E-state index contributed by atoms with van der Waals surface area (Å²) in [5.41, 5.74) is 2.15. The molecule has 0 radical (unpaired) electrons. The first kappa shape index (κ1) is 19.2.